The van der Waals surface area contributed by atoms with Crippen LogP contribution in [0.2, 0.25) is 5.02 Å². The Morgan fingerprint density at radius 3 is 2.71 bits per heavy atom. The zero-order valence-electron chi connectivity index (χ0n) is 10.8. The standard InChI is InChI=1S/C15H10BrCl2FN2/c16-11-7-9(18)1-4-13(11)21-14-8-10(19)2-3-12(14)20-15(21)5-6-17/h1-4,7-8H,5-6H2. The normalized spacial score (nSPS) is 11.2. The van der Waals surface area contributed by atoms with E-state index in [1.54, 1.807) is 18.2 Å². The lowest BCUT2D eigenvalue weighted by atomic mass is 10.2. The van der Waals surface area contributed by atoms with Gasteiger partial charge in [-0.25, -0.2) is 9.37 Å². The van der Waals surface area contributed by atoms with Crippen LogP contribution in [0.3, 0.4) is 0 Å². The maximum Gasteiger partial charge on any atom is 0.125 e. The summed E-state index contributed by atoms with van der Waals surface area (Å²) in [6, 6.07) is 10.0. The van der Waals surface area contributed by atoms with Gasteiger partial charge in [0.2, 0.25) is 0 Å². The third-order valence-corrected chi connectivity index (χ3v) is 4.21. The van der Waals surface area contributed by atoms with Crippen molar-refractivity contribution in [3.05, 3.63) is 57.5 Å². The number of imidazole rings is 1. The molecule has 0 atom stereocenters. The molecule has 0 saturated carbocycles. The first kappa shape index (κ1) is 14.8. The number of aryl methyl sites for hydroxylation is 1. The largest absolute Gasteiger partial charge is 0.295 e. The molecule has 2 nitrogen and oxygen atoms in total. The molecule has 1 heterocycles. The van der Waals surface area contributed by atoms with Gasteiger partial charge in [-0.15, -0.1) is 11.6 Å². The van der Waals surface area contributed by atoms with Gasteiger partial charge in [0.15, 0.2) is 0 Å². The minimum Gasteiger partial charge on any atom is -0.295 e. The van der Waals surface area contributed by atoms with E-state index in [1.165, 1.54) is 12.1 Å². The number of rotatable bonds is 3. The van der Waals surface area contributed by atoms with E-state index < -0.39 is 0 Å². The number of hydrogen-bond donors (Lipinski definition) is 0. The van der Waals surface area contributed by atoms with E-state index >= 15 is 0 Å². The summed E-state index contributed by atoms with van der Waals surface area (Å²) in [6.45, 7) is 0. The second-order valence-corrected chi connectivity index (χ2v) is 6.20. The summed E-state index contributed by atoms with van der Waals surface area (Å²) in [5.41, 5.74) is 2.30. The van der Waals surface area contributed by atoms with Crippen LogP contribution in [-0.2, 0) is 6.42 Å². The van der Waals surface area contributed by atoms with Gasteiger partial charge in [0.1, 0.15) is 11.6 Å². The third-order valence-electron chi connectivity index (χ3n) is 3.15. The fourth-order valence-electron chi connectivity index (χ4n) is 2.28. The van der Waals surface area contributed by atoms with Crippen molar-refractivity contribution in [1.82, 2.24) is 9.55 Å². The summed E-state index contributed by atoms with van der Waals surface area (Å²) in [4.78, 5) is 4.54. The first-order valence-electron chi connectivity index (χ1n) is 6.28. The molecule has 0 fully saturated rings. The second-order valence-electron chi connectivity index (χ2n) is 4.53. The van der Waals surface area contributed by atoms with Crippen molar-refractivity contribution >= 4 is 50.2 Å². The number of benzene rings is 2. The highest BCUT2D eigenvalue weighted by atomic mass is 79.9. The number of halogens is 4. The molecule has 6 heteroatoms. The van der Waals surface area contributed by atoms with E-state index in [9.17, 15) is 4.39 Å². The average Bonchev–Trinajstić information content (AvgIpc) is 2.77. The predicted octanol–water partition coefficient (Wildman–Crippen LogP) is 5.36. The molecule has 3 rings (SSSR count). The molecule has 108 valence electrons. The summed E-state index contributed by atoms with van der Waals surface area (Å²) in [6.07, 6.45) is 0.590. The Balaban J connectivity index is 2.32. The molecule has 2 aromatic carbocycles. The van der Waals surface area contributed by atoms with Gasteiger partial charge in [0, 0.05) is 27.9 Å². The van der Waals surface area contributed by atoms with E-state index in [4.69, 9.17) is 23.2 Å². The molecule has 0 N–H and O–H groups in total. The van der Waals surface area contributed by atoms with Crippen LogP contribution >= 0.6 is 39.1 Å². The van der Waals surface area contributed by atoms with Gasteiger partial charge < -0.3 is 0 Å². The smallest absolute Gasteiger partial charge is 0.125 e. The molecule has 0 amide bonds. The van der Waals surface area contributed by atoms with E-state index in [1.807, 2.05) is 10.6 Å². The Kier molecular flexibility index (Phi) is 4.20. The zero-order chi connectivity index (χ0) is 15.0. The minimum atomic E-state index is -0.300. The molecule has 0 aliphatic heterocycles. The maximum absolute atomic E-state index is 13.6. The summed E-state index contributed by atoms with van der Waals surface area (Å²) in [7, 11) is 0. The Labute approximate surface area is 139 Å². The Bertz CT molecular complexity index is 817. The van der Waals surface area contributed by atoms with Crippen LogP contribution < -0.4 is 0 Å². The van der Waals surface area contributed by atoms with Crippen LogP contribution in [0.5, 0.6) is 0 Å². The maximum atomic E-state index is 13.6. The van der Waals surface area contributed by atoms with Gasteiger partial charge in [0.25, 0.3) is 0 Å². The van der Waals surface area contributed by atoms with Crippen LogP contribution in [0.4, 0.5) is 4.39 Å². The van der Waals surface area contributed by atoms with Crippen molar-refractivity contribution in [1.29, 1.82) is 0 Å². The third kappa shape index (κ3) is 2.80. The average molecular weight is 388 g/mol. The first-order valence-corrected chi connectivity index (χ1v) is 7.99. The lowest BCUT2D eigenvalue weighted by Gasteiger charge is -2.11. The topological polar surface area (TPSA) is 17.8 Å². The Hall–Kier alpha value is -1.10. The van der Waals surface area contributed by atoms with E-state index in [0.717, 1.165) is 21.5 Å². The van der Waals surface area contributed by atoms with Crippen molar-refractivity contribution in [2.45, 2.75) is 6.42 Å². The summed E-state index contributed by atoms with van der Waals surface area (Å²) >= 11 is 15.3. The predicted molar refractivity (Wildman–Crippen MR) is 88.2 cm³/mol. The van der Waals surface area contributed by atoms with Gasteiger partial charge in [-0.1, -0.05) is 11.6 Å². The molecule has 0 aliphatic rings. The van der Waals surface area contributed by atoms with E-state index in [0.29, 0.717) is 22.8 Å². The number of alkyl halides is 1. The van der Waals surface area contributed by atoms with Gasteiger partial charge in [0.05, 0.1) is 16.7 Å². The molecule has 0 aliphatic carbocycles. The van der Waals surface area contributed by atoms with Crippen molar-refractivity contribution in [3.63, 3.8) is 0 Å². The highest BCUT2D eigenvalue weighted by Crippen LogP contribution is 2.30. The highest BCUT2D eigenvalue weighted by molar-refractivity contribution is 9.10. The highest BCUT2D eigenvalue weighted by Gasteiger charge is 2.15. The molecule has 0 saturated heterocycles. The lowest BCUT2D eigenvalue weighted by molar-refractivity contribution is 0.629. The number of hydrogen-bond acceptors (Lipinski definition) is 1. The molecule has 0 radical (unpaired) electrons. The van der Waals surface area contributed by atoms with Crippen LogP contribution in [0.1, 0.15) is 5.82 Å². The molecule has 3 aromatic rings. The van der Waals surface area contributed by atoms with E-state index in [-0.39, 0.29) is 5.82 Å². The van der Waals surface area contributed by atoms with Crippen molar-refractivity contribution in [2.24, 2.45) is 0 Å². The molecular formula is C15H10BrCl2FN2. The molecular weight excluding hydrogens is 378 g/mol. The van der Waals surface area contributed by atoms with Crippen LogP contribution in [0, 0.1) is 5.82 Å². The van der Waals surface area contributed by atoms with E-state index in [2.05, 4.69) is 20.9 Å². The number of fused-ring (bicyclic) bond motifs is 1. The fourth-order valence-corrected chi connectivity index (χ4v) is 3.31. The van der Waals surface area contributed by atoms with Crippen molar-refractivity contribution < 1.29 is 4.39 Å². The quantitative estimate of drug-likeness (QED) is 0.553. The van der Waals surface area contributed by atoms with Crippen LogP contribution in [-0.4, -0.2) is 15.4 Å². The van der Waals surface area contributed by atoms with Gasteiger partial charge >= 0.3 is 0 Å². The molecule has 0 unspecified atom stereocenters. The second kappa shape index (κ2) is 5.95. The monoisotopic (exact) mass is 386 g/mol. The van der Waals surface area contributed by atoms with Gasteiger partial charge in [-0.05, 0) is 46.3 Å². The van der Waals surface area contributed by atoms with Crippen LogP contribution in [0.15, 0.2) is 40.9 Å². The van der Waals surface area contributed by atoms with Crippen molar-refractivity contribution in [2.75, 3.05) is 5.88 Å². The van der Waals surface area contributed by atoms with Crippen LogP contribution in [0.25, 0.3) is 16.7 Å². The summed E-state index contributed by atoms with van der Waals surface area (Å²) < 4.78 is 16.3. The SMILES string of the molecule is Fc1ccc2nc(CCCl)n(-c3ccc(Cl)cc3Br)c2c1. The number of nitrogens with zero attached hydrogens (tertiary/aromatic N) is 2. The Morgan fingerprint density at radius 2 is 2.00 bits per heavy atom. The molecule has 0 spiro atoms. The molecule has 21 heavy (non-hydrogen) atoms. The fraction of sp³-hybridized carbons (Fsp3) is 0.133. The Morgan fingerprint density at radius 1 is 1.19 bits per heavy atom. The van der Waals surface area contributed by atoms with Crippen molar-refractivity contribution in [3.8, 4) is 5.69 Å². The zero-order valence-corrected chi connectivity index (χ0v) is 13.9. The molecule has 0 bridgehead atoms. The first-order chi connectivity index (χ1) is 10.1. The minimum absolute atomic E-state index is 0.300. The van der Waals surface area contributed by atoms with Gasteiger partial charge in [-0.3, -0.25) is 4.57 Å². The summed E-state index contributed by atoms with van der Waals surface area (Å²) in [5, 5.41) is 0.625. The number of aromatic nitrogens is 2. The lowest BCUT2D eigenvalue weighted by Crippen LogP contribution is -2.03. The summed E-state index contributed by atoms with van der Waals surface area (Å²) in [5.74, 6) is 0.927. The van der Waals surface area contributed by atoms with Gasteiger partial charge in [-0.2, -0.15) is 0 Å². The molecule has 1 aromatic heterocycles.